The number of nitrogens with zero attached hydrogens (tertiary/aromatic N) is 1. The summed E-state index contributed by atoms with van der Waals surface area (Å²) >= 11 is 0. The van der Waals surface area contributed by atoms with E-state index in [1.165, 1.54) is 18.3 Å². The molecule has 0 bridgehead atoms. The van der Waals surface area contributed by atoms with E-state index in [1.54, 1.807) is 13.8 Å². The highest BCUT2D eigenvalue weighted by molar-refractivity contribution is 6.03. The van der Waals surface area contributed by atoms with Crippen LogP contribution < -0.4 is 5.32 Å². The summed E-state index contributed by atoms with van der Waals surface area (Å²) in [6.07, 6.45) is 1.36. The average Bonchev–Trinajstić information content (AvgIpc) is 2.37. The number of carboxylic acids is 1. The summed E-state index contributed by atoms with van der Waals surface area (Å²) in [6, 6.07) is 2.51. The van der Waals surface area contributed by atoms with Crippen LogP contribution in [0.3, 0.4) is 0 Å². The highest BCUT2D eigenvalue weighted by atomic mass is 16.4. The molecule has 0 spiro atoms. The molecule has 1 aromatic heterocycles. The van der Waals surface area contributed by atoms with Gasteiger partial charge in [-0.3, -0.25) is 9.78 Å². The van der Waals surface area contributed by atoms with Crippen molar-refractivity contribution in [1.29, 1.82) is 0 Å². The highest BCUT2D eigenvalue weighted by Gasteiger charge is 2.20. The van der Waals surface area contributed by atoms with Gasteiger partial charge in [0.2, 0.25) is 0 Å². The van der Waals surface area contributed by atoms with Crippen molar-refractivity contribution in [2.75, 3.05) is 6.61 Å². The van der Waals surface area contributed by atoms with Crippen LogP contribution in [0.5, 0.6) is 0 Å². The molecule has 1 rings (SSSR count). The van der Waals surface area contributed by atoms with Gasteiger partial charge in [-0.2, -0.15) is 0 Å². The number of aliphatic hydroxyl groups is 1. The van der Waals surface area contributed by atoms with Gasteiger partial charge in [0, 0.05) is 18.8 Å². The fourth-order valence-corrected chi connectivity index (χ4v) is 1.33. The number of aromatic carboxylic acids is 1. The Hall–Kier alpha value is -1.95. The molecule has 2 atom stereocenters. The van der Waals surface area contributed by atoms with Crippen molar-refractivity contribution in [1.82, 2.24) is 10.3 Å². The first-order chi connectivity index (χ1) is 8.47. The molecule has 0 aliphatic rings. The van der Waals surface area contributed by atoms with Crippen molar-refractivity contribution in [3.05, 3.63) is 29.6 Å². The Balaban J connectivity index is 2.88. The molecule has 0 fully saturated rings. The normalized spacial score (nSPS) is 13.7. The van der Waals surface area contributed by atoms with Crippen LogP contribution in [0.15, 0.2) is 18.3 Å². The molecule has 3 N–H and O–H groups in total. The lowest BCUT2D eigenvalue weighted by molar-refractivity contribution is 0.0688. The number of hydrogen-bond acceptors (Lipinski definition) is 4. The molecule has 0 aliphatic carbocycles. The van der Waals surface area contributed by atoms with Crippen LogP contribution in [0.4, 0.5) is 0 Å². The number of nitrogens with one attached hydrogen (secondary N) is 1. The summed E-state index contributed by atoms with van der Waals surface area (Å²) in [7, 11) is 0. The largest absolute Gasteiger partial charge is 0.478 e. The van der Waals surface area contributed by atoms with Crippen LogP contribution >= 0.6 is 0 Å². The zero-order valence-electron chi connectivity index (χ0n) is 10.3. The molecule has 98 valence electrons. The van der Waals surface area contributed by atoms with Crippen molar-refractivity contribution < 1.29 is 19.8 Å². The number of amides is 1. The van der Waals surface area contributed by atoms with E-state index >= 15 is 0 Å². The van der Waals surface area contributed by atoms with Gasteiger partial charge in [-0.1, -0.05) is 6.92 Å². The lowest BCUT2D eigenvalue weighted by Gasteiger charge is -2.19. The first-order valence-electron chi connectivity index (χ1n) is 5.57. The summed E-state index contributed by atoms with van der Waals surface area (Å²) < 4.78 is 0. The molecular weight excluding hydrogens is 236 g/mol. The van der Waals surface area contributed by atoms with Gasteiger partial charge in [-0.25, -0.2) is 4.79 Å². The van der Waals surface area contributed by atoms with E-state index in [0.29, 0.717) is 0 Å². The first-order valence-corrected chi connectivity index (χ1v) is 5.57. The van der Waals surface area contributed by atoms with E-state index in [9.17, 15) is 9.59 Å². The van der Waals surface area contributed by atoms with Crippen molar-refractivity contribution in [3.63, 3.8) is 0 Å². The first kappa shape index (κ1) is 14.1. The highest BCUT2D eigenvalue weighted by Crippen LogP contribution is 2.07. The van der Waals surface area contributed by atoms with Gasteiger partial charge in [0.25, 0.3) is 5.91 Å². The zero-order valence-corrected chi connectivity index (χ0v) is 10.3. The molecular formula is C12H16N2O4. The predicted octanol–water partition coefficient (Wildman–Crippen LogP) is 0.526. The number of pyridine rings is 1. The Kier molecular flexibility index (Phi) is 4.79. The number of hydrogen-bond donors (Lipinski definition) is 3. The molecule has 6 nitrogen and oxygen atoms in total. The third kappa shape index (κ3) is 3.27. The third-order valence-corrected chi connectivity index (χ3v) is 2.75. The van der Waals surface area contributed by atoms with Gasteiger partial charge in [-0.05, 0) is 25.0 Å². The Morgan fingerprint density at radius 3 is 2.67 bits per heavy atom. The molecule has 0 aromatic carbocycles. The molecule has 1 heterocycles. The number of carbonyl (C=O) groups excluding carboxylic acids is 1. The maximum Gasteiger partial charge on any atom is 0.338 e. The fraction of sp³-hybridized carbons (Fsp3) is 0.417. The van der Waals surface area contributed by atoms with Crippen LogP contribution in [0, 0.1) is 5.92 Å². The summed E-state index contributed by atoms with van der Waals surface area (Å²) in [4.78, 5) is 26.6. The maximum absolute atomic E-state index is 11.9. The van der Waals surface area contributed by atoms with Crippen LogP contribution in [-0.4, -0.2) is 39.7 Å². The van der Waals surface area contributed by atoms with E-state index in [2.05, 4.69) is 10.3 Å². The second-order valence-electron chi connectivity index (χ2n) is 4.13. The third-order valence-electron chi connectivity index (χ3n) is 2.75. The standard InChI is InChI=1S/C12H16N2O4/c1-7(6-15)8(2)14-11(16)10-9(12(17)18)4-3-5-13-10/h3-5,7-8,15H,6H2,1-2H3,(H,14,16)(H,17,18). The minimum absolute atomic E-state index is 0.0601. The van der Waals surface area contributed by atoms with E-state index in [-0.39, 0.29) is 29.8 Å². The van der Waals surface area contributed by atoms with Gasteiger partial charge in [0.1, 0.15) is 5.69 Å². The lowest BCUT2D eigenvalue weighted by Crippen LogP contribution is -2.39. The van der Waals surface area contributed by atoms with Gasteiger partial charge in [0.05, 0.1) is 5.56 Å². The molecule has 0 saturated carbocycles. The summed E-state index contributed by atoms with van der Waals surface area (Å²) in [5.41, 5.74) is -0.263. The number of carboxylic acid groups (broad SMARTS) is 1. The van der Waals surface area contributed by atoms with Gasteiger partial charge >= 0.3 is 5.97 Å². The number of aromatic nitrogens is 1. The van der Waals surface area contributed by atoms with Gasteiger partial charge in [-0.15, -0.1) is 0 Å². The van der Waals surface area contributed by atoms with Crippen LogP contribution in [0.1, 0.15) is 34.7 Å². The minimum Gasteiger partial charge on any atom is -0.478 e. The van der Waals surface area contributed by atoms with E-state index in [1.807, 2.05) is 0 Å². The zero-order chi connectivity index (χ0) is 13.7. The van der Waals surface area contributed by atoms with Crippen LogP contribution in [0.2, 0.25) is 0 Å². The van der Waals surface area contributed by atoms with Crippen molar-refractivity contribution in [3.8, 4) is 0 Å². The smallest absolute Gasteiger partial charge is 0.338 e. The average molecular weight is 252 g/mol. The summed E-state index contributed by atoms with van der Waals surface area (Å²) in [6.45, 7) is 3.46. The molecule has 0 radical (unpaired) electrons. The van der Waals surface area contributed by atoms with Crippen molar-refractivity contribution in [2.24, 2.45) is 5.92 Å². The molecule has 6 heteroatoms. The molecule has 1 amide bonds. The minimum atomic E-state index is -1.20. The quantitative estimate of drug-likeness (QED) is 0.709. The Bertz CT molecular complexity index is 447. The molecule has 0 aliphatic heterocycles. The number of rotatable bonds is 5. The Morgan fingerprint density at radius 2 is 2.11 bits per heavy atom. The van der Waals surface area contributed by atoms with E-state index < -0.39 is 11.9 Å². The lowest BCUT2D eigenvalue weighted by atomic mass is 10.0. The Labute approximate surface area is 105 Å². The SMILES string of the molecule is CC(CO)C(C)NC(=O)c1ncccc1C(=O)O. The van der Waals surface area contributed by atoms with E-state index in [0.717, 1.165) is 0 Å². The monoisotopic (exact) mass is 252 g/mol. The second-order valence-corrected chi connectivity index (χ2v) is 4.13. The second kappa shape index (κ2) is 6.11. The topological polar surface area (TPSA) is 99.5 Å². The van der Waals surface area contributed by atoms with E-state index in [4.69, 9.17) is 10.2 Å². The maximum atomic E-state index is 11.9. The number of aliphatic hydroxyl groups excluding tert-OH is 1. The van der Waals surface area contributed by atoms with Crippen molar-refractivity contribution >= 4 is 11.9 Å². The van der Waals surface area contributed by atoms with Gasteiger partial charge < -0.3 is 15.5 Å². The molecule has 18 heavy (non-hydrogen) atoms. The molecule has 0 saturated heterocycles. The Morgan fingerprint density at radius 1 is 1.44 bits per heavy atom. The molecule has 2 unspecified atom stereocenters. The fourth-order valence-electron chi connectivity index (χ4n) is 1.33. The predicted molar refractivity (Wildman–Crippen MR) is 64.4 cm³/mol. The van der Waals surface area contributed by atoms with Gasteiger partial charge in [0.15, 0.2) is 0 Å². The van der Waals surface area contributed by atoms with Crippen LogP contribution in [-0.2, 0) is 0 Å². The summed E-state index contributed by atoms with van der Waals surface area (Å²) in [5, 5.41) is 20.5. The van der Waals surface area contributed by atoms with Crippen LogP contribution in [0.25, 0.3) is 0 Å². The summed E-state index contributed by atoms with van der Waals surface area (Å²) in [5.74, 6) is -1.87. The molecule has 1 aromatic rings. The number of carbonyl (C=O) groups is 2. The van der Waals surface area contributed by atoms with Crippen molar-refractivity contribution in [2.45, 2.75) is 19.9 Å².